The minimum atomic E-state index is -0.241. The molecule has 1 aliphatic carbocycles. The molecule has 0 N–H and O–H groups in total. The third-order valence-corrected chi connectivity index (χ3v) is 3.50. The molecule has 3 nitrogen and oxygen atoms in total. The molecule has 1 aromatic rings. The lowest BCUT2D eigenvalue weighted by Gasteiger charge is -2.18. The minimum absolute atomic E-state index is 0.241. The topological polar surface area (TPSA) is 38.7 Å². The van der Waals surface area contributed by atoms with E-state index in [1.54, 1.807) is 6.08 Å². The summed E-state index contributed by atoms with van der Waals surface area (Å²) in [5.74, 6) is 0. The van der Waals surface area contributed by atoms with Gasteiger partial charge in [-0.05, 0) is 36.0 Å². The number of hydrogen-bond acceptors (Lipinski definition) is 3. The highest BCUT2D eigenvalue weighted by Crippen LogP contribution is 2.49. The molecule has 1 heterocycles. The summed E-state index contributed by atoms with van der Waals surface area (Å²) in [5, 5.41) is 0. The van der Waals surface area contributed by atoms with Gasteiger partial charge in [-0.2, -0.15) is 4.99 Å². The van der Waals surface area contributed by atoms with E-state index in [1.807, 2.05) is 0 Å². The van der Waals surface area contributed by atoms with Crippen molar-refractivity contribution in [1.82, 2.24) is 0 Å². The standard InChI is InChI=1S/C13H13NO2/c15-9-14-13(4-5-13)12-2-1-11-8-16-6-3-10(11)7-12/h1-2,7H,3-6,8H2. The highest BCUT2D eigenvalue weighted by molar-refractivity contribution is 5.44. The molecule has 2 aliphatic rings. The van der Waals surface area contributed by atoms with Crippen LogP contribution in [-0.4, -0.2) is 12.7 Å². The maximum absolute atomic E-state index is 10.4. The molecule has 1 fully saturated rings. The van der Waals surface area contributed by atoms with Crippen LogP contribution in [0.1, 0.15) is 29.5 Å². The van der Waals surface area contributed by atoms with E-state index in [9.17, 15) is 4.79 Å². The number of nitrogens with zero attached hydrogens (tertiary/aromatic N) is 1. The van der Waals surface area contributed by atoms with Crippen molar-refractivity contribution in [2.45, 2.75) is 31.4 Å². The average Bonchev–Trinajstić information content (AvgIpc) is 3.10. The van der Waals surface area contributed by atoms with Crippen LogP contribution in [0.15, 0.2) is 23.2 Å². The molecule has 1 aromatic carbocycles. The Balaban J connectivity index is 2.00. The second-order valence-corrected chi connectivity index (χ2v) is 4.52. The molecule has 0 spiro atoms. The summed E-state index contributed by atoms with van der Waals surface area (Å²) in [6.45, 7) is 1.50. The van der Waals surface area contributed by atoms with Gasteiger partial charge in [-0.25, -0.2) is 4.79 Å². The van der Waals surface area contributed by atoms with Crippen LogP contribution in [0, 0.1) is 0 Å². The Morgan fingerprint density at radius 3 is 2.94 bits per heavy atom. The van der Waals surface area contributed by atoms with Crippen LogP contribution < -0.4 is 0 Å². The highest BCUT2D eigenvalue weighted by atomic mass is 16.5. The zero-order valence-electron chi connectivity index (χ0n) is 9.03. The summed E-state index contributed by atoms with van der Waals surface area (Å²) < 4.78 is 5.40. The predicted molar refractivity (Wildman–Crippen MR) is 58.8 cm³/mol. The second-order valence-electron chi connectivity index (χ2n) is 4.52. The van der Waals surface area contributed by atoms with Gasteiger partial charge in [0.2, 0.25) is 6.08 Å². The predicted octanol–water partition coefficient (Wildman–Crippen LogP) is 2.08. The van der Waals surface area contributed by atoms with E-state index in [-0.39, 0.29) is 5.54 Å². The summed E-state index contributed by atoms with van der Waals surface area (Å²) in [5.41, 5.74) is 3.53. The van der Waals surface area contributed by atoms with Crippen LogP contribution in [0.3, 0.4) is 0 Å². The van der Waals surface area contributed by atoms with Gasteiger partial charge in [0.15, 0.2) is 0 Å². The second kappa shape index (κ2) is 3.55. The van der Waals surface area contributed by atoms with Gasteiger partial charge in [0.25, 0.3) is 0 Å². The van der Waals surface area contributed by atoms with Crippen LogP contribution >= 0.6 is 0 Å². The Morgan fingerprint density at radius 2 is 2.19 bits per heavy atom. The average molecular weight is 215 g/mol. The molecule has 82 valence electrons. The van der Waals surface area contributed by atoms with Crippen molar-refractivity contribution in [1.29, 1.82) is 0 Å². The fourth-order valence-corrected chi connectivity index (χ4v) is 2.32. The number of ether oxygens (including phenoxy) is 1. The molecule has 1 saturated carbocycles. The number of hydrogen-bond donors (Lipinski definition) is 0. The summed E-state index contributed by atoms with van der Waals surface area (Å²) in [6, 6.07) is 6.36. The van der Waals surface area contributed by atoms with E-state index in [0.717, 1.165) is 31.4 Å². The lowest BCUT2D eigenvalue weighted by molar-refractivity contribution is 0.110. The molecule has 1 aliphatic heterocycles. The minimum Gasteiger partial charge on any atom is -0.376 e. The van der Waals surface area contributed by atoms with Gasteiger partial charge in [-0.15, -0.1) is 0 Å². The molecule has 0 amide bonds. The van der Waals surface area contributed by atoms with E-state index in [0.29, 0.717) is 6.61 Å². The smallest absolute Gasteiger partial charge is 0.235 e. The van der Waals surface area contributed by atoms with Gasteiger partial charge in [0, 0.05) is 0 Å². The molecule has 0 bridgehead atoms. The molecule has 0 atom stereocenters. The number of rotatable bonds is 2. The summed E-state index contributed by atoms with van der Waals surface area (Å²) in [7, 11) is 0. The third kappa shape index (κ3) is 1.49. The van der Waals surface area contributed by atoms with Crippen molar-refractivity contribution < 1.29 is 9.53 Å². The lowest BCUT2D eigenvalue weighted by atomic mass is 9.96. The molecule has 3 rings (SSSR count). The van der Waals surface area contributed by atoms with Crippen LogP contribution in [0.5, 0.6) is 0 Å². The van der Waals surface area contributed by atoms with E-state index >= 15 is 0 Å². The van der Waals surface area contributed by atoms with Crippen molar-refractivity contribution >= 4 is 6.08 Å². The molecular formula is C13H13NO2. The van der Waals surface area contributed by atoms with Gasteiger partial charge in [-0.1, -0.05) is 18.2 Å². The Morgan fingerprint density at radius 1 is 1.31 bits per heavy atom. The van der Waals surface area contributed by atoms with Crippen molar-refractivity contribution in [3.63, 3.8) is 0 Å². The monoisotopic (exact) mass is 215 g/mol. The number of isocyanates is 1. The Hall–Kier alpha value is -1.44. The first-order valence-corrected chi connectivity index (χ1v) is 5.63. The van der Waals surface area contributed by atoms with Gasteiger partial charge in [0.1, 0.15) is 0 Å². The fraction of sp³-hybridized carbons (Fsp3) is 0.462. The maximum atomic E-state index is 10.4. The zero-order chi connectivity index (χ0) is 11.0. The van der Waals surface area contributed by atoms with Crippen LogP contribution in [0.4, 0.5) is 0 Å². The molecular weight excluding hydrogens is 202 g/mol. The molecule has 0 aromatic heterocycles. The maximum Gasteiger partial charge on any atom is 0.235 e. The van der Waals surface area contributed by atoms with E-state index in [2.05, 4.69) is 23.2 Å². The van der Waals surface area contributed by atoms with Gasteiger partial charge in [0.05, 0.1) is 18.8 Å². The molecule has 0 unspecified atom stereocenters. The van der Waals surface area contributed by atoms with Gasteiger partial charge < -0.3 is 4.74 Å². The van der Waals surface area contributed by atoms with Gasteiger partial charge >= 0.3 is 0 Å². The zero-order valence-corrected chi connectivity index (χ0v) is 9.03. The number of aliphatic imine (C=N–C) groups is 1. The number of carbonyl (C=O) groups excluding carboxylic acids is 1. The lowest BCUT2D eigenvalue weighted by Crippen LogP contribution is -2.12. The van der Waals surface area contributed by atoms with E-state index in [1.165, 1.54) is 11.1 Å². The number of benzene rings is 1. The normalized spacial score (nSPS) is 20.8. The third-order valence-electron chi connectivity index (χ3n) is 3.50. The quantitative estimate of drug-likeness (QED) is 0.559. The Labute approximate surface area is 94.1 Å². The fourth-order valence-electron chi connectivity index (χ4n) is 2.32. The highest BCUT2D eigenvalue weighted by Gasteiger charge is 2.45. The van der Waals surface area contributed by atoms with Crippen molar-refractivity contribution in [2.24, 2.45) is 4.99 Å². The Bertz CT molecular complexity index is 471. The Kier molecular flexibility index (Phi) is 2.16. The van der Waals surface area contributed by atoms with Gasteiger partial charge in [-0.3, -0.25) is 0 Å². The molecule has 16 heavy (non-hydrogen) atoms. The first kappa shape index (κ1) is 9.76. The summed E-state index contributed by atoms with van der Waals surface area (Å²) in [6.07, 6.45) is 4.60. The molecule has 3 heteroatoms. The molecule has 0 radical (unpaired) electrons. The summed E-state index contributed by atoms with van der Waals surface area (Å²) in [4.78, 5) is 14.4. The first-order chi connectivity index (χ1) is 7.84. The molecule has 0 saturated heterocycles. The van der Waals surface area contributed by atoms with Crippen molar-refractivity contribution in [3.8, 4) is 0 Å². The van der Waals surface area contributed by atoms with Crippen LogP contribution in [-0.2, 0) is 28.1 Å². The number of fused-ring (bicyclic) bond motifs is 1. The first-order valence-electron chi connectivity index (χ1n) is 5.63. The van der Waals surface area contributed by atoms with Crippen molar-refractivity contribution in [2.75, 3.05) is 6.61 Å². The van der Waals surface area contributed by atoms with Crippen LogP contribution in [0.25, 0.3) is 0 Å². The SMILES string of the molecule is O=C=NC1(c2ccc3c(c2)CCOC3)CC1. The van der Waals surface area contributed by atoms with E-state index < -0.39 is 0 Å². The largest absolute Gasteiger partial charge is 0.376 e. The van der Waals surface area contributed by atoms with Crippen molar-refractivity contribution in [3.05, 3.63) is 34.9 Å². The van der Waals surface area contributed by atoms with Crippen LogP contribution in [0.2, 0.25) is 0 Å². The van der Waals surface area contributed by atoms with E-state index in [4.69, 9.17) is 4.74 Å². The summed E-state index contributed by atoms with van der Waals surface area (Å²) >= 11 is 0.